The van der Waals surface area contributed by atoms with E-state index in [1.807, 2.05) is 0 Å². The van der Waals surface area contributed by atoms with Gasteiger partial charge in [-0.2, -0.15) is 0 Å². The van der Waals surface area contributed by atoms with Gasteiger partial charge in [0.15, 0.2) is 0 Å². The van der Waals surface area contributed by atoms with E-state index in [4.69, 9.17) is 11.5 Å². The molecule has 1 aromatic carbocycles. The van der Waals surface area contributed by atoms with E-state index in [0.29, 0.717) is 0 Å². The molecule has 0 saturated heterocycles. The molecular formula is C16H28N2. The Kier molecular flexibility index (Phi) is 5.52. The quantitative estimate of drug-likeness (QED) is 0.747. The molecule has 2 heteroatoms. The van der Waals surface area contributed by atoms with Crippen LogP contribution in [0.5, 0.6) is 0 Å². The van der Waals surface area contributed by atoms with Crippen LogP contribution in [0.4, 0.5) is 11.4 Å². The van der Waals surface area contributed by atoms with E-state index in [-0.39, 0.29) is 0 Å². The summed E-state index contributed by atoms with van der Waals surface area (Å²) >= 11 is 0. The number of benzene rings is 1. The van der Waals surface area contributed by atoms with Gasteiger partial charge in [-0.15, -0.1) is 0 Å². The Morgan fingerprint density at radius 1 is 0.667 bits per heavy atom. The maximum atomic E-state index is 6.34. The van der Waals surface area contributed by atoms with Crippen LogP contribution < -0.4 is 11.5 Å². The van der Waals surface area contributed by atoms with Gasteiger partial charge in [-0.1, -0.05) is 40.0 Å². The Bertz CT molecular complexity index is 325. The summed E-state index contributed by atoms with van der Waals surface area (Å²) in [5, 5.41) is 0. The van der Waals surface area contributed by atoms with Crippen LogP contribution in [0.1, 0.15) is 62.3 Å². The van der Waals surface area contributed by atoms with Gasteiger partial charge in [0.05, 0.1) is 0 Å². The molecule has 0 saturated carbocycles. The number of rotatable bonds is 6. The molecule has 102 valence electrons. The number of hydrogen-bond donors (Lipinski definition) is 2. The van der Waals surface area contributed by atoms with Gasteiger partial charge < -0.3 is 11.5 Å². The third-order valence-corrected chi connectivity index (χ3v) is 3.71. The van der Waals surface area contributed by atoms with Crippen LogP contribution in [0.2, 0.25) is 0 Å². The molecule has 0 aliphatic rings. The summed E-state index contributed by atoms with van der Waals surface area (Å²) in [7, 11) is 0. The molecule has 0 fully saturated rings. The van der Waals surface area contributed by atoms with E-state index in [2.05, 4.69) is 27.7 Å². The van der Waals surface area contributed by atoms with E-state index in [0.717, 1.165) is 49.9 Å². The van der Waals surface area contributed by atoms with Gasteiger partial charge in [-0.3, -0.25) is 0 Å². The molecule has 4 N–H and O–H groups in total. The van der Waals surface area contributed by atoms with Crippen LogP contribution in [0, 0.1) is 6.92 Å². The number of anilines is 2. The monoisotopic (exact) mass is 248 g/mol. The fraction of sp³-hybridized carbons (Fsp3) is 0.625. The molecule has 1 rings (SSSR count). The van der Waals surface area contributed by atoms with Crippen molar-refractivity contribution in [3.05, 3.63) is 22.3 Å². The first kappa shape index (κ1) is 14.9. The fourth-order valence-electron chi connectivity index (χ4n) is 2.76. The Morgan fingerprint density at radius 2 is 1.00 bits per heavy atom. The van der Waals surface area contributed by atoms with Crippen LogP contribution in [-0.4, -0.2) is 0 Å². The minimum Gasteiger partial charge on any atom is -0.398 e. The summed E-state index contributed by atoms with van der Waals surface area (Å²) in [6, 6.07) is 0. The fourth-order valence-corrected chi connectivity index (χ4v) is 2.76. The minimum atomic E-state index is 0.952. The van der Waals surface area contributed by atoms with Crippen molar-refractivity contribution in [1.29, 1.82) is 0 Å². The van der Waals surface area contributed by atoms with Crippen LogP contribution in [-0.2, 0) is 19.3 Å². The third-order valence-electron chi connectivity index (χ3n) is 3.71. The maximum Gasteiger partial charge on any atom is 0.0402 e. The van der Waals surface area contributed by atoms with Crippen molar-refractivity contribution in [3.63, 3.8) is 0 Å². The first-order valence-corrected chi connectivity index (χ1v) is 7.26. The van der Waals surface area contributed by atoms with Gasteiger partial charge in [0.1, 0.15) is 0 Å². The van der Waals surface area contributed by atoms with Gasteiger partial charge >= 0.3 is 0 Å². The predicted molar refractivity (Wildman–Crippen MR) is 82.0 cm³/mol. The largest absolute Gasteiger partial charge is 0.398 e. The highest BCUT2D eigenvalue weighted by Crippen LogP contribution is 2.34. The van der Waals surface area contributed by atoms with Gasteiger partial charge in [0, 0.05) is 11.4 Å². The normalized spacial score (nSPS) is 10.9. The second-order valence-electron chi connectivity index (χ2n) is 5.14. The van der Waals surface area contributed by atoms with Crippen molar-refractivity contribution >= 4 is 11.4 Å². The van der Waals surface area contributed by atoms with Gasteiger partial charge in [0.2, 0.25) is 0 Å². The minimum absolute atomic E-state index is 0.952. The summed E-state index contributed by atoms with van der Waals surface area (Å²) in [4.78, 5) is 0. The smallest absolute Gasteiger partial charge is 0.0402 e. The average molecular weight is 248 g/mol. The van der Waals surface area contributed by atoms with Crippen molar-refractivity contribution in [3.8, 4) is 0 Å². The average Bonchev–Trinajstić information content (AvgIpc) is 2.35. The van der Waals surface area contributed by atoms with Crippen molar-refractivity contribution in [2.75, 3.05) is 11.5 Å². The van der Waals surface area contributed by atoms with Gasteiger partial charge in [0.25, 0.3) is 0 Å². The standard InChI is InChI=1S/C16H28N2/c1-5-8-12-11(4)13(9-6-2)16(18)14(10-7-3)15(12)17/h5-10,17-18H2,1-4H3. The van der Waals surface area contributed by atoms with Crippen molar-refractivity contribution < 1.29 is 0 Å². The van der Waals surface area contributed by atoms with E-state index >= 15 is 0 Å². The van der Waals surface area contributed by atoms with E-state index in [9.17, 15) is 0 Å². The molecule has 0 bridgehead atoms. The molecule has 1 aromatic rings. The summed E-state index contributed by atoms with van der Waals surface area (Å²) in [6.45, 7) is 8.76. The Labute approximate surface area is 112 Å². The Hall–Kier alpha value is -1.18. The molecule has 0 atom stereocenters. The maximum absolute atomic E-state index is 6.34. The molecule has 0 aliphatic heterocycles. The molecule has 2 nitrogen and oxygen atoms in total. The molecule has 0 spiro atoms. The zero-order valence-electron chi connectivity index (χ0n) is 12.4. The van der Waals surface area contributed by atoms with Crippen molar-refractivity contribution in [2.45, 2.75) is 66.2 Å². The van der Waals surface area contributed by atoms with Crippen LogP contribution in [0.3, 0.4) is 0 Å². The highest BCUT2D eigenvalue weighted by atomic mass is 14.6. The molecule has 0 unspecified atom stereocenters. The number of nitrogens with two attached hydrogens (primary N) is 2. The topological polar surface area (TPSA) is 52.0 Å². The van der Waals surface area contributed by atoms with Crippen LogP contribution >= 0.6 is 0 Å². The lowest BCUT2D eigenvalue weighted by atomic mass is 9.88. The zero-order chi connectivity index (χ0) is 13.7. The highest BCUT2D eigenvalue weighted by molar-refractivity contribution is 5.72. The lowest BCUT2D eigenvalue weighted by Gasteiger charge is -2.21. The highest BCUT2D eigenvalue weighted by Gasteiger charge is 2.16. The lowest BCUT2D eigenvalue weighted by Crippen LogP contribution is -2.11. The number of hydrogen-bond acceptors (Lipinski definition) is 2. The molecule has 0 radical (unpaired) electrons. The van der Waals surface area contributed by atoms with Crippen LogP contribution in [0.15, 0.2) is 0 Å². The van der Waals surface area contributed by atoms with E-state index < -0.39 is 0 Å². The summed E-state index contributed by atoms with van der Waals surface area (Å²) < 4.78 is 0. The van der Waals surface area contributed by atoms with E-state index in [1.54, 1.807) is 0 Å². The third kappa shape index (κ3) is 2.80. The van der Waals surface area contributed by atoms with E-state index in [1.165, 1.54) is 22.3 Å². The molecule has 0 amide bonds. The summed E-state index contributed by atoms with van der Waals surface area (Å²) in [5.74, 6) is 0. The zero-order valence-corrected chi connectivity index (χ0v) is 12.4. The van der Waals surface area contributed by atoms with Crippen molar-refractivity contribution in [2.24, 2.45) is 0 Å². The van der Waals surface area contributed by atoms with Gasteiger partial charge in [-0.25, -0.2) is 0 Å². The summed E-state index contributed by atoms with van der Waals surface area (Å²) in [6.07, 6.45) is 6.47. The van der Waals surface area contributed by atoms with Crippen LogP contribution in [0.25, 0.3) is 0 Å². The first-order valence-electron chi connectivity index (χ1n) is 7.26. The predicted octanol–water partition coefficient (Wildman–Crippen LogP) is 4.02. The first-order chi connectivity index (χ1) is 8.58. The van der Waals surface area contributed by atoms with Crippen molar-refractivity contribution in [1.82, 2.24) is 0 Å². The SMILES string of the molecule is CCCc1c(C)c(CCC)c(N)c(CCC)c1N. The number of nitrogen functional groups attached to an aromatic ring is 2. The Morgan fingerprint density at radius 3 is 1.33 bits per heavy atom. The van der Waals surface area contributed by atoms with Gasteiger partial charge in [-0.05, 0) is 48.4 Å². The molecule has 0 aliphatic carbocycles. The second-order valence-corrected chi connectivity index (χ2v) is 5.14. The Balaban J connectivity index is 3.42. The summed E-state index contributed by atoms with van der Waals surface area (Å²) in [5.41, 5.74) is 19.8. The molecule has 0 heterocycles. The molecule has 18 heavy (non-hydrogen) atoms. The lowest BCUT2D eigenvalue weighted by molar-refractivity contribution is 0.866. The molecule has 0 aromatic heterocycles. The second kappa shape index (κ2) is 6.67. The molecular weight excluding hydrogens is 220 g/mol.